The van der Waals surface area contributed by atoms with Crippen LogP contribution in [0.4, 0.5) is 23.7 Å². The van der Waals surface area contributed by atoms with Crippen molar-refractivity contribution in [2.75, 3.05) is 4.90 Å². The first-order valence-corrected chi connectivity index (χ1v) is 6.90. The fraction of sp³-hybridized carbons (Fsp3) is 0.333. The van der Waals surface area contributed by atoms with Gasteiger partial charge in [-0.3, -0.25) is 4.79 Å². The van der Waals surface area contributed by atoms with E-state index in [2.05, 4.69) is 0 Å². The summed E-state index contributed by atoms with van der Waals surface area (Å²) < 4.78 is 38.4. The van der Waals surface area contributed by atoms with Crippen LogP contribution in [0, 0.1) is 5.92 Å². The van der Waals surface area contributed by atoms with Gasteiger partial charge in [0.2, 0.25) is 0 Å². The Morgan fingerprint density at radius 2 is 1.91 bits per heavy atom. The molecule has 2 heterocycles. The number of hydrogen-bond acceptors (Lipinski definition) is 2. The van der Waals surface area contributed by atoms with Crippen LogP contribution in [0.25, 0.3) is 0 Å². The van der Waals surface area contributed by atoms with Crippen LogP contribution < -0.4 is 4.90 Å². The number of carbonyl (C=O) groups is 2. The smallest absolute Gasteiger partial charge is 0.305 e. The molecule has 1 aliphatic carbocycles. The first-order chi connectivity index (χ1) is 10.4. The van der Waals surface area contributed by atoms with E-state index in [4.69, 9.17) is 0 Å². The molecule has 2 saturated heterocycles. The first kappa shape index (κ1) is 13.4. The number of benzene rings is 1. The largest absolute Gasteiger partial charge is 0.416 e. The lowest BCUT2D eigenvalue weighted by Crippen LogP contribution is -2.38. The highest BCUT2D eigenvalue weighted by Gasteiger charge is 2.57. The maximum Gasteiger partial charge on any atom is 0.416 e. The Morgan fingerprint density at radius 3 is 2.59 bits per heavy atom. The second kappa shape index (κ2) is 4.12. The van der Waals surface area contributed by atoms with Crippen LogP contribution in [0.3, 0.4) is 0 Å². The molecule has 2 aliphatic heterocycles. The Kier molecular flexibility index (Phi) is 2.50. The van der Waals surface area contributed by atoms with Crippen LogP contribution in [-0.2, 0) is 11.0 Å². The molecule has 0 spiro atoms. The van der Waals surface area contributed by atoms with E-state index in [1.54, 1.807) is 0 Å². The zero-order valence-electron chi connectivity index (χ0n) is 11.2. The Labute approximate surface area is 123 Å². The summed E-state index contributed by atoms with van der Waals surface area (Å²) in [4.78, 5) is 27.3. The molecule has 3 unspecified atom stereocenters. The summed E-state index contributed by atoms with van der Waals surface area (Å²) in [5.74, 6) is -0.474. The van der Waals surface area contributed by atoms with Crippen LogP contribution in [0.5, 0.6) is 0 Å². The van der Waals surface area contributed by atoms with Crippen LogP contribution in [-0.4, -0.2) is 28.9 Å². The van der Waals surface area contributed by atoms with Gasteiger partial charge in [0.1, 0.15) is 6.04 Å². The van der Waals surface area contributed by atoms with Gasteiger partial charge >= 0.3 is 12.2 Å². The van der Waals surface area contributed by atoms with Gasteiger partial charge in [0.15, 0.2) is 0 Å². The van der Waals surface area contributed by atoms with E-state index in [1.165, 1.54) is 17.0 Å². The molecule has 22 heavy (non-hydrogen) atoms. The van der Waals surface area contributed by atoms with Gasteiger partial charge in [-0.1, -0.05) is 18.2 Å². The molecule has 2 bridgehead atoms. The molecule has 114 valence electrons. The molecule has 3 aliphatic rings. The summed E-state index contributed by atoms with van der Waals surface area (Å²) in [7, 11) is 0. The standard InChI is InChI=1S/C15H11F3N2O2/c16-15(17,18)9-2-1-3-10(7-9)20-13(21)12-8-4-5-11(6-8)19(12)14(20)22/h1-5,7-8,11-12H,6H2. The molecular formula is C15H11F3N2O2. The number of urea groups is 1. The highest BCUT2D eigenvalue weighted by atomic mass is 19.4. The molecule has 0 saturated carbocycles. The maximum absolute atomic E-state index is 12.8. The van der Waals surface area contributed by atoms with Crippen molar-refractivity contribution in [1.82, 2.24) is 4.90 Å². The number of alkyl halides is 3. The number of anilines is 1. The highest BCUT2D eigenvalue weighted by Crippen LogP contribution is 2.43. The normalized spacial score (nSPS) is 29.7. The quantitative estimate of drug-likeness (QED) is 0.591. The van der Waals surface area contributed by atoms with Crippen LogP contribution >= 0.6 is 0 Å². The lowest BCUT2D eigenvalue weighted by molar-refractivity contribution is -0.137. The molecule has 0 aromatic heterocycles. The van der Waals surface area contributed by atoms with Gasteiger partial charge < -0.3 is 4.90 Å². The fourth-order valence-corrected chi connectivity index (χ4v) is 3.52. The molecular weight excluding hydrogens is 297 g/mol. The molecule has 0 N–H and O–H groups in total. The van der Waals surface area contributed by atoms with Crippen molar-refractivity contribution in [2.24, 2.45) is 5.92 Å². The van der Waals surface area contributed by atoms with Gasteiger partial charge in [-0.15, -0.1) is 0 Å². The van der Waals surface area contributed by atoms with E-state index in [0.717, 1.165) is 23.5 Å². The number of hydrogen-bond donors (Lipinski definition) is 0. The highest BCUT2D eigenvalue weighted by molar-refractivity contribution is 6.22. The van der Waals surface area contributed by atoms with E-state index in [1.807, 2.05) is 12.2 Å². The topological polar surface area (TPSA) is 40.6 Å². The third-order valence-corrected chi connectivity index (χ3v) is 4.47. The Hall–Kier alpha value is -2.31. The van der Waals surface area contributed by atoms with Gasteiger partial charge in [-0.2, -0.15) is 13.2 Å². The fourth-order valence-electron chi connectivity index (χ4n) is 3.52. The summed E-state index contributed by atoms with van der Waals surface area (Å²) in [6.07, 6.45) is -0.00815. The molecule has 0 radical (unpaired) electrons. The van der Waals surface area contributed by atoms with Gasteiger partial charge in [0.25, 0.3) is 5.91 Å². The number of fused-ring (bicyclic) bond motifs is 5. The number of amides is 3. The zero-order chi connectivity index (χ0) is 15.6. The van der Waals surface area contributed by atoms with E-state index in [-0.39, 0.29) is 17.6 Å². The van der Waals surface area contributed by atoms with Gasteiger partial charge in [0.05, 0.1) is 17.3 Å². The number of rotatable bonds is 1. The summed E-state index contributed by atoms with van der Waals surface area (Å²) in [6, 6.07) is 3.08. The van der Waals surface area contributed by atoms with Crippen molar-refractivity contribution in [3.8, 4) is 0 Å². The maximum atomic E-state index is 12.8. The Morgan fingerprint density at radius 1 is 1.14 bits per heavy atom. The van der Waals surface area contributed by atoms with Crippen molar-refractivity contribution in [1.29, 1.82) is 0 Å². The summed E-state index contributed by atoms with van der Waals surface area (Å²) >= 11 is 0. The molecule has 3 atom stereocenters. The van der Waals surface area contributed by atoms with Crippen LogP contribution in [0.15, 0.2) is 36.4 Å². The minimum absolute atomic E-state index is 0.0291. The SMILES string of the molecule is O=C1C2C3C=CC(C3)N2C(=O)N1c1cccc(C(F)(F)F)c1. The monoisotopic (exact) mass is 308 g/mol. The Bertz CT molecular complexity index is 683. The predicted octanol–water partition coefficient (Wildman–Crippen LogP) is 2.80. The van der Waals surface area contributed by atoms with Crippen molar-refractivity contribution in [2.45, 2.75) is 24.7 Å². The molecule has 2 fully saturated rings. The molecule has 1 aromatic carbocycles. The number of imide groups is 1. The van der Waals surface area contributed by atoms with Crippen molar-refractivity contribution < 1.29 is 22.8 Å². The Balaban J connectivity index is 1.73. The van der Waals surface area contributed by atoms with E-state index < -0.39 is 29.7 Å². The molecule has 4 rings (SSSR count). The second-order valence-electron chi connectivity index (χ2n) is 5.71. The van der Waals surface area contributed by atoms with Gasteiger partial charge in [0, 0.05) is 5.92 Å². The number of nitrogens with zero attached hydrogens (tertiary/aromatic N) is 2. The van der Waals surface area contributed by atoms with E-state index in [9.17, 15) is 22.8 Å². The zero-order valence-corrected chi connectivity index (χ0v) is 11.2. The van der Waals surface area contributed by atoms with E-state index in [0.29, 0.717) is 0 Å². The minimum Gasteiger partial charge on any atom is -0.305 e. The van der Waals surface area contributed by atoms with Crippen molar-refractivity contribution in [3.63, 3.8) is 0 Å². The molecule has 3 amide bonds. The average molecular weight is 308 g/mol. The lowest BCUT2D eigenvalue weighted by atomic mass is 10.0. The van der Waals surface area contributed by atoms with Crippen molar-refractivity contribution >= 4 is 17.6 Å². The number of carbonyl (C=O) groups excluding carboxylic acids is 2. The third-order valence-electron chi connectivity index (χ3n) is 4.47. The van der Waals surface area contributed by atoms with Crippen molar-refractivity contribution in [3.05, 3.63) is 42.0 Å². The van der Waals surface area contributed by atoms with Gasteiger partial charge in [-0.05, 0) is 24.6 Å². The van der Waals surface area contributed by atoms with Crippen LogP contribution in [0.1, 0.15) is 12.0 Å². The summed E-state index contributed by atoms with van der Waals surface area (Å²) in [5.41, 5.74) is -0.905. The summed E-state index contributed by atoms with van der Waals surface area (Å²) in [6.45, 7) is 0. The average Bonchev–Trinajstić information content (AvgIpc) is 3.12. The first-order valence-electron chi connectivity index (χ1n) is 6.90. The molecule has 1 aromatic rings. The molecule has 7 heteroatoms. The lowest BCUT2D eigenvalue weighted by Gasteiger charge is -2.22. The van der Waals surface area contributed by atoms with Crippen LogP contribution in [0.2, 0.25) is 0 Å². The summed E-state index contributed by atoms with van der Waals surface area (Å²) in [5, 5.41) is 0. The minimum atomic E-state index is -4.52. The second-order valence-corrected chi connectivity index (χ2v) is 5.71. The number of halogens is 3. The van der Waals surface area contributed by atoms with E-state index >= 15 is 0 Å². The van der Waals surface area contributed by atoms with Gasteiger partial charge in [-0.25, -0.2) is 9.69 Å². The predicted molar refractivity (Wildman–Crippen MR) is 71.0 cm³/mol. The third kappa shape index (κ3) is 1.65. The molecule has 4 nitrogen and oxygen atoms in total.